The lowest BCUT2D eigenvalue weighted by atomic mass is 10.0. The summed E-state index contributed by atoms with van der Waals surface area (Å²) >= 11 is 0. The zero-order valence-corrected chi connectivity index (χ0v) is 19.9. The highest BCUT2D eigenvalue weighted by molar-refractivity contribution is 5.69. The van der Waals surface area contributed by atoms with Crippen LogP contribution in [0.1, 0.15) is 24.9 Å². The van der Waals surface area contributed by atoms with Crippen LogP contribution in [0.15, 0.2) is 60.9 Å². The number of rotatable bonds is 7. The molecule has 34 heavy (non-hydrogen) atoms. The van der Waals surface area contributed by atoms with Gasteiger partial charge in [0.05, 0.1) is 24.9 Å². The molecule has 1 N–H and O–H groups in total. The Labute approximate surface area is 201 Å². The van der Waals surface area contributed by atoms with Crippen molar-refractivity contribution in [3.63, 3.8) is 0 Å². The van der Waals surface area contributed by atoms with E-state index >= 15 is 0 Å². The van der Waals surface area contributed by atoms with Gasteiger partial charge in [-0.25, -0.2) is 15.0 Å². The first-order valence-corrected chi connectivity index (χ1v) is 12.0. The molecule has 1 aromatic heterocycles. The van der Waals surface area contributed by atoms with Gasteiger partial charge in [0.1, 0.15) is 17.9 Å². The van der Waals surface area contributed by atoms with Crippen molar-refractivity contribution in [1.29, 1.82) is 0 Å². The number of anilines is 4. The summed E-state index contributed by atoms with van der Waals surface area (Å²) in [4.78, 5) is 19.6. The number of hydroxylamine groups is 1. The molecule has 178 valence electrons. The molecule has 0 bridgehead atoms. The van der Waals surface area contributed by atoms with Crippen molar-refractivity contribution in [3.05, 3.63) is 66.5 Å². The summed E-state index contributed by atoms with van der Waals surface area (Å²) < 4.78 is 6.01. The minimum Gasteiger partial charge on any atom is -0.492 e. The van der Waals surface area contributed by atoms with E-state index in [9.17, 15) is 0 Å². The van der Waals surface area contributed by atoms with Crippen LogP contribution in [0.2, 0.25) is 0 Å². The van der Waals surface area contributed by atoms with Gasteiger partial charge in [0, 0.05) is 50.4 Å². The van der Waals surface area contributed by atoms with Gasteiger partial charge in [-0.05, 0) is 31.7 Å². The summed E-state index contributed by atoms with van der Waals surface area (Å²) in [5, 5.41) is 5.31. The van der Waals surface area contributed by atoms with Crippen molar-refractivity contribution in [3.8, 4) is 5.75 Å². The first kappa shape index (κ1) is 22.4. The second kappa shape index (κ2) is 10.3. The van der Waals surface area contributed by atoms with Gasteiger partial charge in [0.15, 0.2) is 5.82 Å². The lowest BCUT2D eigenvalue weighted by molar-refractivity contribution is 0.157. The molecule has 0 saturated carbocycles. The van der Waals surface area contributed by atoms with Crippen molar-refractivity contribution < 1.29 is 9.57 Å². The second-order valence-corrected chi connectivity index (χ2v) is 8.67. The van der Waals surface area contributed by atoms with Crippen molar-refractivity contribution in [2.45, 2.75) is 19.4 Å². The molecule has 1 atom stereocenters. The van der Waals surface area contributed by atoms with E-state index in [2.05, 4.69) is 74.6 Å². The fourth-order valence-electron chi connectivity index (χ4n) is 4.53. The molecule has 0 radical (unpaired) electrons. The fraction of sp³-hybridized carbons (Fsp3) is 0.385. The Hall–Kier alpha value is -3.36. The quantitative estimate of drug-likeness (QED) is 0.561. The van der Waals surface area contributed by atoms with E-state index in [1.807, 2.05) is 24.1 Å². The monoisotopic (exact) mass is 460 g/mol. The Morgan fingerprint density at radius 1 is 1.03 bits per heavy atom. The van der Waals surface area contributed by atoms with Gasteiger partial charge in [-0.15, -0.1) is 0 Å². The summed E-state index contributed by atoms with van der Waals surface area (Å²) in [7, 11) is 2.17. The largest absolute Gasteiger partial charge is 0.492 e. The maximum absolute atomic E-state index is 6.01. The topological polar surface area (TPSA) is 66.0 Å². The molecule has 0 amide bonds. The van der Waals surface area contributed by atoms with Gasteiger partial charge in [-0.1, -0.05) is 30.3 Å². The SMILES string of the molecule is CCOc1cc(Nc2cc(N3OCC[C@@H]3c3ccccc3)ncn2)ccc1N1CCN(C)CC1. The molecule has 3 heterocycles. The van der Waals surface area contributed by atoms with E-state index in [0.717, 1.165) is 55.5 Å². The Balaban J connectivity index is 1.34. The van der Waals surface area contributed by atoms with Gasteiger partial charge in [0.2, 0.25) is 0 Å². The maximum atomic E-state index is 6.01. The molecular weight excluding hydrogens is 428 g/mol. The molecule has 3 aromatic rings. The number of nitrogens with one attached hydrogen (secondary N) is 1. The predicted molar refractivity (Wildman–Crippen MR) is 135 cm³/mol. The van der Waals surface area contributed by atoms with Gasteiger partial charge in [-0.2, -0.15) is 0 Å². The number of aromatic nitrogens is 2. The van der Waals surface area contributed by atoms with Crippen LogP contribution in [-0.2, 0) is 4.84 Å². The molecule has 0 spiro atoms. The molecule has 8 heteroatoms. The van der Waals surface area contributed by atoms with Crippen LogP contribution in [0.25, 0.3) is 0 Å². The van der Waals surface area contributed by atoms with Crippen molar-refractivity contribution in [2.75, 3.05) is 61.7 Å². The number of hydrogen-bond acceptors (Lipinski definition) is 8. The van der Waals surface area contributed by atoms with E-state index in [1.165, 1.54) is 5.56 Å². The van der Waals surface area contributed by atoms with Crippen LogP contribution in [0.5, 0.6) is 5.75 Å². The predicted octanol–water partition coefficient (Wildman–Crippen LogP) is 4.25. The molecule has 5 rings (SSSR count). The van der Waals surface area contributed by atoms with Crippen molar-refractivity contribution in [1.82, 2.24) is 14.9 Å². The van der Waals surface area contributed by atoms with Crippen molar-refractivity contribution in [2.24, 2.45) is 0 Å². The Morgan fingerprint density at radius 3 is 2.65 bits per heavy atom. The number of piperazine rings is 1. The second-order valence-electron chi connectivity index (χ2n) is 8.67. The minimum absolute atomic E-state index is 0.136. The molecule has 2 aromatic carbocycles. The number of nitrogens with zero attached hydrogens (tertiary/aromatic N) is 5. The highest BCUT2D eigenvalue weighted by Crippen LogP contribution is 2.36. The summed E-state index contributed by atoms with van der Waals surface area (Å²) in [6.07, 6.45) is 2.49. The Bertz CT molecular complexity index is 1090. The van der Waals surface area contributed by atoms with E-state index in [1.54, 1.807) is 6.33 Å². The zero-order valence-electron chi connectivity index (χ0n) is 19.9. The highest BCUT2D eigenvalue weighted by Gasteiger charge is 2.29. The first-order valence-electron chi connectivity index (χ1n) is 12.0. The molecular formula is C26H32N6O2. The fourth-order valence-corrected chi connectivity index (χ4v) is 4.53. The molecule has 0 unspecified atom stereocenters. The molecule has 2 fully saturated rings. The molecule has 2 saturated heterocycles. The minimum atomic E-state index is 0.136. The van der Waals surface area contributed by atoms with Gasteiger partial charge in [0.25, 0.3) is 0 Å². The van der Waals surface area contributed by atoms with Gasteiger partial charge >= 0.3 is 0 Å². The lowest BCUT2D eigenvalue weighted by Crippen LogP contribution is -2.44. The summed E-state index contributed by atoms with van der Waals surface area (Å²) in [5.41, 5.74) is 3.28. The molecule has 8 nitrogen and oxygen atoms in total. The van der Waals surface area contributed by atoms with E-state index in [4.69, 9.17) is 9.57 Å². The number of hydrogen-bond donors (Lipinski definition) is 1. The average Bonchev–Trinajstić information content (AvgIpc) is 3.36. The van der Waals surface area contributed by atoms with Gasteiger partial charge < -0.3 is 19.9 Å². The third kappa shape index (κ3) is 4.93. The third-order valence-electron chi connectivity index (χ3n) is 6.34. The van der Waals surface area contributed by atoms with E-state index < -0.39 is 0 Å². The van der Waals surface area contributed by atoms with Crippen LogP contribution < -0.4 is 20.0 Å². The van der Waals surface area contributed by atoms with Gasteiger partial charge in [-0.3, -0.25) is 4.84 Å². The average molecular weight is 461 g/mol. The standard InChI is InChI=1S/C26H32N6O2/c1-3-33-24-17-21(9-10-23(24)31-14-12-30(2)13-15-31)29-25-18-26(28-19-27-25)32-22(11-16-34-32)20-7-5-4-6-8-20/h4-10,17-19,22H,3,11-16H2,1-2H3,(H,27,28,29)/t22-/m1/s1. The smallest absolute Gasteiger partial charge is 0.158 e. The maximum Gasteiger partial charge on any atom is 0.158 e. The molecule has 2 aliphatic rings. The Morgan fingerprint density at radius 2 is 1.85 bits per heavy atom. The molecule has 0 aliphatic carbocycles. The van der Waals surface area contributed by atoms with Crippen LogP contribution in [-0.4, -0.2) is 61.3 Å². The zero-order chi connectivity index (χ0) is 23.3. The highest BCUT2D eigenvalue weighted by atomic mass is 16.7. The summed E-state index contributed by atoms with van der Waals surface area (Å²) in [6, 6.07) is 18.7. The summed E-state index contributed by atoms with van der Waals surface area (Å²) in [5.74, 6) is 2.34. The van der Waals surface area contributed by atoms with Crippen LogP contribution in [0.3, 0.4) is 0 Å². The third-order valence-corrected chi connectivity index (χ3v) is 6.34. The number of benzene rings is 2. The van der Waals surface area contributed by atoms with E-state index in [0.29, 0.717) is 19.0 Å². The number of likely N-dealkylation sites (N-methyl/N-ethyl adjacent to an activating group) is 1. The normalized spacial score (nSPS) is 18.8. The Kier molecular flexibility index (Phi) is 6.78. The van der Waals surface area contributed by atoms with Crippen molar-refractivity contribution >= 4 is 23.0 Å². The lowest BCUT2D eigenvalue weighted by Gasteiger charge is -2.35. The molecule has 2 aliphatic heterocycles. The number of ether oxygens (including phenoxy) is 1. The van der Waals surface area contributed by atoms with E-state index in [-0.39, 0.29) is 6.04 Å². The first-order chi connectivity index (χ1) is 16.7. The van der Waals surface area contributed by atoms with Crippen LogP contribution >= 0.6 is 0 Å². The summed E-state index contributed by atoms with van der Waals surface area (Å²) in [6.45, 7) is 7.40. The van der Waals surface area contributed by atoms with Crippen LogP contribution in [0.4, 0.5) is 23.0 Å². The van der Waals surface area contributed by atoms with Crippen LogP contribution in [0, 0.1) is 0 Å².